The number of furan rings is 1. The van der Waals surface area contributed by atoms with Crippen LogP contribution in [0.1, 0.15) is 5.76 Å². The van der Waals surface area contributed by atoms with Crippen LogP contribution in [0.15, 0.2) is 59.5 Å². The van der Waals surface area contributed by atoms with E-state index in [0.29, 0.717) is 11.5 Å². The van der Waals surface area contributed by atoms with Crippen molar-refractivity contribution >= 4 is 23.2 Å². The number of hydrogen-bond donors (Lipinski definition) is 3. The lowest BCUT2D eigenvalue weighted by Crippen LogP contribution is -2.34. The molecule has 2 aromatic heterocycles. The number of amides is 1. The van der Waals surface area contributed by atoms with Gasteiger partial charge < -0.3 is 14.5 Å². The molecule has 0 fully saturated rings. The van der Waals surface area contributed by atoms with Gasteiger partial charge in [-0.25, -0.2) is 9.97 Å². The van der Waals surface area contributed by atoms with Crippen LogP contribution in [0.4, 0.5) is 17.3 Å². The second kappa shape index (κ2) is 8.98. The van der Waals surface area contributed by atoms with E-state index in [9.17, 15) is 14.9 Å². The molecule has 0 atom stereocenters. The van der Waals surface area contributed by atoms with Gasteiger partial charge >= 0.3 is 5.69 Å². The molecule has 0 aliphatic rings. The molecular formula is C17H16N6O5. The van der Waals surface area contributed by atoms with Crippen molar-refractivity contribution in [2.24, 2.45) is 0 Å². The summed E-state index contributed by atoms with van der Waals surface area (Å²) in [5, 5.41) is 14.3. The van der Waals surface area contributed by atoms with Crippen molar-refractivity contribution in [3.63, 3.8) is 0 Å². The van der Waals surface area contributed by atoms with Crippen molar-refractivity contribution in [3.8, 4) is 5.75 Å². The third-order valence-electron chi connectivity index (χ3n) is 3.45. The molecule has 1 aromatic carbocycles. The number of rotatable bonds is 9. The molecule has 3 aromatic rings. The summed E-state index contributed by atoms with van der Waals surface area (Å²) in [6.45, 7) is -0.0823. The topological polar surface area (TPSA) is 144 Å². The molecule has 11 heteroatoms. The Bertz CT molecular complexity index is 932. The number of nitrogens with zero attached hydrogens (tertiary/aromatic N) is 3. The first kappa shape index (κ1) is 18.6. The lowest BCUT2D eigenvalue weighted by molar-refractivity contribution is -0.383. The van der Waals surface area contributed by atoms with Gasteiger partial charge in [0, 0.05) is 0 Å². The first-order valence-electron chi connectivity index (χ1n) is 8.12. The van der Waals surface area contributed by atoms with Gasteiger partial charge in [-0.15, -0.1) is 0 Å². The lowest BCUT2D eigenvalue weighted by Gasteiger charge is -2.11. The molecule has 3 rings (SSSR count). The highest BCUT2D eigenvalue weighted by atomic mass is 16.6. The molecule has 0 bridgehead atoms. The van der Waals surface area contributed by atoms with Crippen LogP contribution in [0.3, 0.4) is 0 Å². The third-order valence-corrected chi connectivity index (χ3v) is 3.45. The quantitative estimate of drug-likeness (QED) is 0.373. The number of nitro groups is 1. The van der Waals surface area contributed by atoms with Crippen LogP contribution in [0.5, 0.6) is 5.75 Å². The van der Waals surface area contributed by atoms with Gasteiger partial charge in [0.15, 0.2) is 6.61 Å². The minimum absolute atomic E-state index is 0.0197. The Morgan fingerprint density at radius 3 is 2.64 bits per heavy atom. The molecule has 0 saturated carbocycles. The van der Waals surface area contributed by atoms with E-state index in [4.69, 9.17) is 9.15 Å². The summed E-state index contributed by atoms with van der Waals surface area (Å²) < 4.78 is 10.5. The molecule has 11 nitrogen and oxygen atoms in total. The van der Waals surface area contributed by atoms with Crippen LogP contribution in [-0.2, 0) is 11.3 Å². The van der Waals surface area contributed by atoms with Gasteiger partial charge in [0.25, 0.3) is 5.91 Å². The van der Waals surface area contributed by atoms with E-state index in [1.54, 1.807) is 36.4 Å². The highest BCUT2D eigenvalue weighted by Crippen LogP contribution is 2.28. The fraction of sp³-hybridized carbons (Fsp3) is 0.118. The van der Waals surface area contributed by atoms with Gasteiger partial charge in [0.05, 0.1) is 17.7 Å². The van der Waals surface area contributed by atoms with Crippen molar-refractivity contribution in [2.75, 3.05) is 17.3 Å². The summed E-state index contributed by atoms with van der Waals surface area (Å²) in [5.74, 6) is 0.370. The van der Waals surface area contributed by atoms with E-state index in [1.165, 1.54) is 6.26 Å². The number of carbonyl (C=O) groups excluding carboxylic acids is 1. The SMILES string of the molecule is O=C(COc1ccccc1)NNc1ncnc(NCc2ccco2)c1[N+](=O)[O-]. The van der Waals surface area contributed by atoms with Crippen LogP contribution in [-0.4, -0.2) is 27.4 Å². The molecular weight excluding hydrogens is 368 g/mol. The van der Waals surface area contributed by atoms with E-state index in [2.05, 4.69) is 26.1 Å². The molecule has 0 aliphatic heterocycles. The number of para-hydroxylation sites is 1. The molecule has 0 aliphatic carbocycles. The lowest BCUT2D eigenvalue weighted by atomic mass is 10.3. The predicted octanol–water partition coefficient (Wildman–Crippen LogP) is 2.11. The zero-order valence-electron chi connectivity index (χ0n) is 14.5. The number of hydrazine groups is 1. The van der Waals surface area contributed by atoms with E-state index in [0.717, 1.165) is 6.33 Å². The molecule has 1 amide bonds. The Labute approximate surface area is 158 Å². The van der Waals surface area contributed by atoms with Gasteiger partial charge in [-0.3, -0.25) is 25.8 Å². The standard InChI is InChI=1S/C17H16N6O5/c24-14(10-28-12-5-2-1-3-6-12)21-22-17-15(23(25)26)16(19-11-20-17)18-9-13-7-4-8-27-13/h1-8,11H,9-10H2,(H,21,24)(H2,18,19,20,22). The largest absolute Gasteiger partial charge is 0.484 e. The molecule has 28 heavy (non-hydrogen) atoms. The maximum Gasteiger partial charge on any atom is 0.354 e. The highest BCUT2D eigenvalue weighted by Gasteiger charge is 2.23. The van der Waals surface area contributed by atoms with Crippen LogP contribution < -0.4 is 20.9 Å². The number of aromatic nitrogens is 2. The Hall–Kier alpha value is -4.15. The van der Waals surface area contributed by atoms with Crippen molar-refractivity contribution in [3.05, 3.63) is 70.9 Å². The van der Waals surface area contributed by atoms with E-state index >= 15 is 0 Å². The maximum atomic E-state index is 11.9. The summed E-state index contributed by atoms with van der Waals surface area (Å²) >= 11 is 0. The molecule has 3 N–H and O–H groups in total. The molecule has 0 saturated heterocycles. The Balaban J connectivity index is 1.61. The van der Waals surface area contributed by atoms with Gasteiger partial charge in [-0.1, -0.05) is 18.2 Å². The second-order valence-corrected chi connectivity index (χ2v) is 5.38. The van der Waals surface area contributed by atoms with E-state index in [-0.39, 0.29) is 24.8 Å². The average Bonchev–Trinajstić information content (AvgIpc) is 3.23. The monoisotopic (exact) mass is 384 g/mol. The fourth-order valence-electron chi connectivity index (χ4n) is 2.19. The average molecular weight is 384 g/mol. The van der Waals surface area contributed by atoms with Crippen molar-refractivity contribution < 1.29 is 18.9 Å². The number of benzene rings is 1. The van der Waals surface area contributed by atoms with Gasteiger partial charge in [0.2, 0.25) is 11.6 Å². The Kier molecular flexibility index (Phi) is 5.98. The molecule has 0 spiro atoms. The van der Waals surface area contributed by atoms with Crippen molar-refractivity contribution in [1.29, 1.82) is 0 Å². The zero-order valence-corrected chi connectivity index (χ0v) is 14.5. The number of carbonyl (C=O) groups is 1. The molecule has 2 heterocycles. The fourth-order valence-corrected chi connectivity index (χ4v) is 2.19. The number of hydrogen-bond acceptors (Lipinski definition) is 9. The summed E-state index contributed by atoms with van der Waals surface area (Å²) in [7, 11) is 0. The van der Waals surface area contributed by atoms with Gasteiger partial charge in [-0.05, 0) is 24.3 Å². The first-order valence-corrected chi connectivity index (χ1v) is 8.12. The summed E-state index contributed by atoms with van der Waals surface area (Å²) in [6.07, 6.45) is 2.62. The Morgan fingerprint density at radius 2 is 1.93 bits per heavy atom. The summed E-state index contributed by atoms with van der Waals surface area (Å²) in [5.41, 5.74) is 4.32. The van der Waals surface area contributed by atoms with Crippen molar-refractivity contribution in [2.45, 2.75) is 6.54 Å². The van der Waals surface area contributed by atoms with Crippen molar-refractivity contribution in [1.82, 2.24) is 15.4 Å². The first-order chi connectivity index (χ1) is 13.6. The molecule has 144 valence electrons. The summed E-state index contributed by atoms with van der Waals surface area (Å²) in [4.78, 5) is 30.4. The second-order valence-electron chi connectivity index (χ2n) is 5.38. The van der Waals surface area contributed by atoms with E-state index in [1.807, 2.05) is 6.07 Å². The number of nitrogens with one attached hydrogen (secondary N) is 3. The normalized spacial score (nSPS) is 10.1. The number of anilines is 2. The zero-order chi connectivity index (χ0) is 19.8. The van der Waals surface area contributed by atoms with Gasteiger partial charge in [0.1, 0.15) is 17.8 Å². The molecule has 0 radical (unpaired) electrons. The van der Waals surface area contributed by atoms with Crippen LogP contribution >= 0.6 is 0 Å². The third kappa shape index (κ3) is 4.94. The minimum atomic E-state index is -0.653. The number of ether oxygens (including phenoxy) is 1. The summed E-state index contributed by atoms with van der Waals surface area (Å²) in [6, 6.07) is 12.2. The van der Waals surface area contributed by atoms with Crippen LogP contribution in [0.2, 0.25) is 0 Å². The highest BCUT2D eigenvalue weighted by molar-refractivity contribution is 5.80. The van der Waals surface area contributed by atoms with Crippen LogP contribution in [0.25, 0.3) is 0 Å². The smallest absolute Gasteiger partial charge is 0.354 e. The van der Waals surface area contributed by atoms with E-state index < -0.39 is 16.5 Å². The molecule has 0 unspecified atom stereocenters. The predicted molar refractivity (Wildman–Crippen MR) is 98.4 cm³/mol. The Morgan fingerprint density at radius 1 is 1.14 bits per heavy atom. The maximum absolute atomic E-state index is 11.9. The van der Waals surface area contributed by atoms with Gasteiger partial charge in [-0.2, -0.15) is 0 Å². The van der Waals surface area contributed by atoms with Crippen LogP contribution in [0, 0.1) is 10.1 Å². The minimum Gasteiger partial charge on any atom is -0.484 e.